The lowest BCUT2D eigenvalue weighted by atomic mass is 10.1. The summed E-state index contributed by atoms with van der Waals surface area (Å²) in [6.07, 6.45) is 4.39. The van der Waals surface area contributed by atoms with Crippen LogP contribution in [0.2, 0.25) is 0 Å². The summed E-state index contributed by atoms with van der Waals surface area (Å²) in [6, 6.07) is 9.02. The SMILES string of the molecule is CC(N)c1cccnc1N(Cc1cccs1)C1CC1. The minimum Gasteiger partial charge on any atom is -0.348 e. The number of pyridine rings is 1. The van der Waals surface area contributed by atoms with E-state index in [1.807, 2.05) is 19.2 Å². The number of thiophene rings is 1. The number of nitrogens with zero attached hydrogens (tertiary/aromatic N) is 2. The lowest BCUT2D eigenvalue weighted by Crippen LogP contribution is -2.27. The summed E-state index contributed by atoms with van der Waals surface area (Å²) in [6.45, 7) is 2.97. The van der Waals surface area contributed by atoms with Crippen LogP contribution in [0.3, 0.4) is 0 Å². The van der Waals surface area contributed by atoms with Crippen molar-refractivity contribution in [3.05, 3.63) is 46.3 Å². The first-order chi connectivity index (χ1) is 9.25. The van der Waals surface area contributed by atoms with Crippen LogP contribution in [0.4, 0.5) is 5.82 Å². The van der Waals surface area contributed by atoms with Crippen molar-refractivity contribution in [3.63, 3.8) is 0 Å². The Labute approximate surface area is 118 Å². The number of nitrogens with two attached hydrogens (primary N) is 1. The quantitative estimate of drug-likeness (QED) is 0.908. The summed E-state index contributed by atoms with van der Waals surface area (Å²) in [4.78, 5) is 8.40. The minimum absolute atomic E-state index is 0.0216. The normalized spacial score (nSPS) is 16.3. The van der Waals surface area contributed by atoms with E-state index in [1.165, 1.54) is 17.7 Å². The Morgan fingerprint density at radius 2 is 2.26 bits per heavy atom. The highest BCUT2D eigenvalue weighted by Gasteiger charge is 2.31. The fraction of sp³-hybridized carbons (Fsp3) is 0.400. The summed E-state index contributed by atoms with van der Waals surface area (Å²) < 4.78 is 0. The summed E-state index contributed by atoms with van der Waals surface area (Å²) in [7, 11) is 0. The van der Waals surface area contributed by atoms with Gasteiger partial charge in [-0.05, 0) is 37.3 Å². The number of anilines is 1. The van der Waals surface area contributed by atoms with Crippen molar-refractivity contribution >= 4 is 17.2 Å². The number of aromatic nitrogens is 1. The van der Waals surface area contributed by atoms with Gasteiger partial charge in [0, 0.05) is 28.7 Å². The fourth-order valence-electron chi connectivity index (χ4n) is 2.34. The summed E-state index contributed by atoms with van der Waals surface area (Å²) in [5.74, 6) is 1.06. The molecule has 0 bridgehead atoms. The molecule has 1 aliphatic carbocycles. The van der Waals surface area contributed by atoms with E-state index in [9.17, 15) is 0 Å². The third-order valence-electron chi connectivity index (χ3n) is 3.47. The monoisotopic (exact) mass is 273 g/mol. The van der Waals surface area contributed by atoms with Crippen molar-refractivity contribution in [2.24, 2.45) is 5.73 Å². The van der Waals surface area contributed by atoms with Crippen molar-refractivity contribution in [1.29, 1.82) is 0 Å². The van der Waals surface area contributed by atoms with Crippen LogP contribution < -0.4 is 10.6 Å². The number of hydrogen-bond acceptors (Lipinski definition) is 4. The van der Waals surface area contributed by atoms with Crippen molar-refractivity contribution < 1.29 is 0 Å². The zero-order chi connectivity index (χ0) is 13.2. The molecular formula is C15H19N3S. The molecule has 2 heterocycles. The number of hydrogen-bond donors (Lipinski definition) is 1. The predicted octanol–water partition coefficient (Wildman–Crippen LogP) is 3.33. The standard InChI is InChI=1S/C15H19N3S/c1-11(16)14-5-2-8-17-15(14)18(12-6-7-12)10-13-4-3-9-19-13/h2-5,8-9,11-12H,6-7,10,16H2,1H3. The third-order valence-corrected chi connectivity index (χ3v) is 4.33. The van der Waals surface area contributed by atoms with Gasteiger partial charge in [0.05, 0.1) is 6.54 Å². The topological polar surface area (TPSA) is 42.1 Å². The summed E-state index contributed by atoms with van der Waals surface area (Å²) in [5.41, 5.74) is 7.23. The average molecular weight is 273 g/mol. The second kappa shape index (κ2) is 5.31. The van der Waals surface area contributed by atoms with Gasteiger partial charge in [-0.1, -0.05) is 12.1 Å². The van der Waals surface area contributed by atoms with Gasteiger partial charge in [0.25, 0.3) is 0 Å². The zero-order valence-corrected chi connectivity index (χ0v) is 11.9. The zero-order valence-electron chi connectivity index (χ0n) is 11.1. The molecule has 3 nitrogen and oxygen atoms in total. The molecule has 1 saturated carbocycles. The lowest BCUT2D eigenvalue weighted by Gasteiger charge is -2.26. The summed E-state index contributed by atoms with van der Waals surface area (Å²) >= 11 is 1.80. The van der Waals surface area contributed by atoms with Gasteiger partial charge in [-0.25, -0.2) is 4.98 Å². The van der Waals surface area contributed by atoms with Gasteiger partial charge in [0.15, 0.2) is 0 Å². The Kier molecular flexibility index (Phi) is 3.53. The smallest absolute Gasteiger partial charge is 0.133 e. The Hall–Kier alpha value is -1.39. The van der Waals surface area contributed by atoms with Gasteiger partial charge < -0.3 is 10.6 Å². The van der Waals surface area contributed by atoms with Crippen molar-refractivity contribution in [2.45, 2.75) is 38.4 Å². The maximum atomic E-state index is 6.08. The van der Waals surface area contributed by atoms with Crippen LogP contribution in [-0.2, 0) is 6.54 Å². The van der Waals surface area contributed by atoms with Crippen LogP contribution in [0.15, 0.2) is 35.8 Å². The Bertz CT molecular complexity index is 532. The Morgan fingerprint density at radius 1 is 1.42 bits per heavy atom. The first kappa shape index (κ1) is 12.6. The van der Waals surface area contributed by atoms with Gasteiger partial charge in [-0.3, -0.25) is 0 Å². The Balaban J connectivity index is 1.92. The molecule has 0 aliphatic heterocycles. The molecule has 0 saturated heterocycles. The van der Waals surface area contributed by atoms with Gasteiger partial charge in [-0.15, -0.1) is 11.3 Å². The highest BCUT2D eigenvalue weighted by molar-refractivity contribution is 7.09. The van der Waals surface area contributed by atoms with E-state index in [0.717, 1.165) is 17.9 Å². The van der Waals surface area contributed by atoms with E-state index in [2.05, 4.69) is 33.5 Å². The molecule has 0 spiro atoms. The molecular weight excluding hydrogens is 254 g/mol. The lowest BCUT2D eigenvalue weighted by molar-refractivity contribution is 0.746. The molecule has 3 rings (SSSR count). The highest BCUT2D eigenvalue weighted by Crippen LogP contribution is 2.35. The fourth-order valence-corrected chi connectivity index (χ4v) is 3.04. The molecule has 0 amide bonds. The van der Waals surface area contributed by atoms with Crippen LogP contribution in [0.25, 0.3) is 0 Å². The van der Waals surface area contributed by atoms with E-state index in [4.69, 9.17) is 5.73 Å². The molecule has 19 heavy (non-hydrogen) atoms. The molecule has 2 aromatic heterocycles. The van der Waals surface area contributed by atoms with E-state index in [-0.39, 0.29) is 6.04 Å². The van der Waals surface area contributed by atoms with Gasteiger partial charge in [-0.2, -0.15) is 0 Å². The first-order valence-corrected chi connectivity index (χ1v) is 7.63. The molecule has 100 valence electrons. The van der Waals surface area contributed by atoms with E-state index in [0.29, 0.717) is 6.04 Å². The van der Waals surface area contributed by atoms with Gasteiger partial charge in [0.2, 0.25) is 0 Å². The van der Waals surface area contributed by atoms with Crippen LogP contribution in [0.1, 0.15) is 36.2 Å². The second-order valence-electron chi connectivity index (χ2n) is 5.14. The third kappa shape index (κ3) is 2.80. The molecule has 0 aromatic carbocycles. The Morgan fingerprint density at radius 3 is 2.89 bits per heavy atom. The minimum atomic E-state index is 0.0216. The van der Waals surface area contributed by atoms with Crippen LogP contribution in [0, 0.1) is 0 Å². The van der Waals surface area contributed by atoms with E-state index in [1.54, 1.807) is 11.3 Å². The molecule has 4 heteroatoms. The maximum absolute atomic E-state index is 6.08. The van der Waals surface area contributed by atoms with E-state index >= 15 is 0 Å². The molecule has 2 N–H and O–H groups in total. The van der Waals surface area contributed by atoms with Crippen molar-refractivity contribution in [3.8, 4) is 0 Å². The predicted molar refractivity (Wildman–Crippen MR) is 80.4 cm³/mol. The van der Waals surface area contributed by atoms with Crippen LogP contribution in [-0.4, -0.2) is 11.0 Å². The van der Waals surface area contributed by atoms with E-state index < -0.39 is 0 Å². The average Bonchev–Trinajstić information content (AvgIpc) is 3.13. The van der Waals surface area contributed by atoms with Crippen LogP contribution in [0.5, 0.6) is 0 Å². The van der Waals surface area contributed by atoms with Gasteiger partial charge >= 0.3 is 0 Å². The maximum Gasteiger partial charge on any atom is 0.133 e. The molecule has 0 radical (unpaired) electrons. The van der Waals surface area contributed by atoms with Crippen LogP contribution >= 0.6 is 11.3 Å². The summed E-state index contributed by atoms with van der Waals surface area (Å²) in [5, 5.41) is 2.13. The molecule has 1 atom stereocenters. The molecule has 1 fully saturated rings. The molecule has 1 unspecified atom stereocenters. The van der Waals surface area contributed by atoms with Crippen molar-refractivity contribution in [1.82, 2.24) is 4.98 Å². The number of rotatable bonds is 5. The highest BCUT2D eigenvalue weighted by atomic mass is 32.1. The largest absolute Gasteiger partial charge is 0.348 e. The molecule has 2 aromatic rings. The molecule has 1 aliphatic rings. The second-order valence-corrected chi connectivity index (χ2v) is 6.18. The van der Waals surface area contributed by atoms with Crippen molar-refractivity contribution in [2.75, 3.05) is 4.90 Å². The first-order valence-electron chi connectivity index (χ1n) is 6.75. The van der Waals surface area contributed by atoms with Gasteiger partial charge in [0.1, 0.15) is 5.82 Å².